The number of rotatable bonds is 4. The van der Waals surface area contributed by atoms with E-state index in [1.54, 1.807) is 12.1 Å². The molecular formula is C21H24F2N4O2. The second-order valence-corrected chi connectivity index (χ2v) is 8.00. The molecule has 0 aliphatic heterocycles. The van der Waals surface area contributed by atoms with E-state index in [1.807, 2.05) is 11.9 Å². The van der Waals surface area contributed by atoms with Crippen molar-refractivity contribution in [2.75, 3.05) is 19.0 Å². The molecule has 154 valence electrons. The second-order valence-electron chi connectivity index (χ2n) is 8.00. The summed E-state index contributed by atoms with van der Waals surface area (Å²) in [6.45, 7) is 0. The molecule has 2 aliphatic rings. The van der Waals surface area contributed by atoms with Crippen molar-refractivity contribution in [3.05, 3.63) is 35.6 Å². The van der Waals surface area contributed by atoms with Crippen LogP contribution in [0.3, 0.4) is 0 Å². The largest absolute Gasteiger partial charge is 0.507 e. The zero-order valence-corrected chi connectivity index (χ0v) is 16.4. The number of hydrogen-bond donors (Lipinski definition) is 2. The third-order valence-corrected chi connectivity index (χ3v) is 6.32. The first kappa shape index (κ1) is 19.5. The smallest absolute Gasteiger partial charge is 0.254 e. The molecule has 6 nitrogen and oxygen atoms in total. The highest BCUT2D eigenvalue weighted by atomic mass is 19.1. The molecule has 1 aromatic carbocycles. The van der Waals surface area contributed by atoms with E-state index < -0.39 is 17.9 Å². The fourth-order valence-electron chi connectivity index (χ4n) is 4.68. The number of phenolic OH excluding ortho intramolecular Hbond substituents is 1. The number of hydrogen-bond acceptors (Lipinski definition) is 5. The van der Waals surface area contributed by atoms with Crippen LogP contribution in [0.25, 0.3) is 11.3 Å². The predicted octanol–water partition coefficient (Wildman–Crippen LogP) is 3.31. The molecule has 29 heavy (non-hydrogen) atoms. The quantitative estimate of drug-likeness (QED) is 0.820. The second kappa shape index (κ2) is 7.57. The fraction of sp³-hybridized carbons (Fsp3) is 0.476. The highest BCUT2D eigenvalue weighted by molar-refractivity contribution is 5.95. The number of nitrogens with one attached hydrogen (secondary N) is 1. The summed E-state index contributed by atoms with van der Waals surface area (Å²) in [5.74, 6) is -0.428. The Bertz CT molecular complexity index is 922. The number of nitrogens with zero attached hydrogens (tertiary/aromatic N) is 3. The van der Waals surface area contributed by atoms with E-state index in [-0.39, 0.29) is 34.5 Å². The zero-order valence-electron chi connectivity index (χ0n) is 16.4. The number of carbonyl (C=O) groups excluding carboxylic acids is 1. The number of halogens is 2. The monoisotopic (exact) mass is 402 g/mol. The van der Waals surface area contributed by atoms with Crippen molar-refractivity contribution in [3.8, 4) is 17.0 Å². The summed E-state index contributed by atoms with van der Waals surface area (Å²) >= 11 is 0. The molecule has 1 heterocycles. The van der Waals surface area contributed by atoms with Gasteiger partial charge >= 0.3 is 0 Å². The highest BCUT2D eigenvalue weighted by Crippen LogP contribution is 2.45. The number of phenols is 1. The maximum Gasteiger partial charge on any atom is 0.254 e. The van der Waals surface area contributed by atoms with Gasteiger partial charge in [0, 0.05) is 19.7 Å². The lowest BCUT2D eigenvalue weighted by atomic mass is 9.83. The Morgan fingerprint density at radius 1 is 1.24 bits per heavy atom. The van der Waals surface area contributed by atoms with Crippen LogP contribution in [-0.4, -0.2) is 47.5 Å². The Hall–Kier alpha value is -2.77. The lowest BCUT2D eigenvalue weighted by molar-refractivity contribution is 0.0958. The summed E-state index contributed by atoms with van der Waals surface area (Å²) < 4.78 is 29.1. The average molecular weight is 402 g/mol. The molecule has 2 aliphatic carbocycles. The van der Waals surface area contributed by atoms with Crippen LogP contribution in [0.4, 0.5) is 14.6 Å². The van der Waals surface area contributed by atoms with Crippen LogP contribution in [0, 0.1) is 17.7 Å². The van der Waals surface area contributed by atoms with Gasteiger partial charge in [0.25, 0.3) is 5.91 Å². The Morgan fingerprint density at radius 3 is 2.72 bits per heavy atom. The van der Waals surface area contributed by atoms with Gasteiger partial charge in [-0.2, -0.15) is 0 Å². The number of benzene rings is 1. The van der Waals surface area contributed by atoms with Gasteiger partial charge in [-0.25, -0.2) is 8.78 Å². The van der Waals surface area contributed by atoms with E-state index >= 15 is 0 Å². The van der Waals surface area contributed by atoms with E-state index in [2.05, 4.69) is 15.5 Å². The number of carbonyl (C=O) groups is 1. The molecule has 0 radical (unpaired) electrons. The standard InChI is InChI=1S/C21H24F2N4O2/c1-24-21(29)13-10-18(28)14(9-15(13)22)16-5-6-19(26-25-16)27(2)17-8-11-3-4-12(7-11)20(17)23/h5-6,9-12,17,20,28H,3-4,7-8H2,1-2H3,(H,24,29)/t11-,12+,17+,20-/m0/s1. The first-order valence-corrected chi connectivity index (χ1v) is 9.84. The van der Waals surface area contributed by atoms with Crippen LogP contribution < -0.4 is 10.2 Å². The van der Waals surface area contributed by atoms with Gasteiger partial charge in [-0.1, -0.05) is 0 Å². The lowest BCUT2D eigenvalue weighted by Crippen LogP contribution is -2.46. The van der Waals surface area contributed by atoms with Gasteiger partial charge in [-0.15, -0.1) is 10.2 Å². The van der Waals surface area contributed by atoms with Crippen molar-refractivity contribution >= 4 is 11.7 Å². The van der Waals surface area contributed by atoms with E-state index in [1.165, 1.54) is 7.05 Å². The Kier molecular flexibility index (Phi) is 5.10. The molecule has 0 spiro atoms. The van der Waals surface area contributed by atoms with Gasteiger partial charge < -0.3 is 15.3 Å². The molecule has 4 atom stereocenters. The molecule has 0 unspecified atom stereocenters. The van der Waals surface area contributed by atoms with Gasteiger partial charge in [-0.3, -0.25) is 4.79 Å². The maximum atomic E-state index is 14.9. The number of fused-ring (bicyclic) bond motifs is 2. The molecule has 2 aromatic rings. The third-order valence-electron chi connectivity index (χ3n) is 6.32. The van der Waals surface area contributed by atoms with Crippen molar-refractivity contribution in [3.63, 3.8) is 0 Å². The Morgan fingerprint density at radius 2 is 2.03 bits per heavy atom. The first-order chi connectivity index (χ1) is 13.9. The molecule has 8 heteroatoms. The number of alkyl halides is 1. The summed E-state index contributed by atoms with van der Waals surface area (Å²) in [6.07, 6.45) is 2.96. The predicted molar refractivity (Wildman–Crippen MR) is 105 cm³/mol. The molecule has 0 saturated heterocycles. The van der Waals surface area contributed by atoms with E-state index in [9.17, 15) is 18.7 Å². The molecule has 2 N–H and O–H groups in total. The Labute approximate surface area is 167 Å². The van der Waals surface area contributed by atoms with Gasteiger partial charge in [0.05, 0.1) is 17.3 Å². The van der Waals surface area contributed by atoms with E-state index in [0.29, 0.717) is 11.7 Å². The average Bonchev–Trinajstić information content (AvgIpc) is 3.14. The summed E-state index contributed by atoms with van der Waals surface area (Å²) in [5, 5.41) is 20.8. The van der Waals surface area contributed by atoms with Crippen LogP contribution in [0.15, 0.2) is 24.3 Å². The molecule has 2 bridgehead atoms. The highest BCUT2D eigenvalue weighted by Gasteiger charge is 2.44. The van der Waals surface area contributed by atoms with Crippen LogP contribution in [0.5, 0.6) is 5.75 Å². The van der Waals surface area contributed by atoms with Crippen LogP contribution >= 0.6 is 0 Å². The van der Waals surface area contributed by atoms with E-state index in [4.69, 9.17) is 0 Å². The number of amides is 1. The van der Waals surface area contributed by atoms with Crippen molar-refractivity contribution < 1.29 is 18.7 Å². The minimum atomic E-state index is -0.879. The SMILES string of the molecule is CNC(=O)c1cc(O)c(-c2ccc(N(C)[C@@H]3C[C@H]4CC[C@H](C4)[C@@H]3F)nn2)cc1F. The van der Waals surface area contributed by atoms with Gasteiger partial charge in [0.1, 0.15) is 17.7 Å². The number of anilines is 1. The van der Waals surface area contributed by atoms with Gasteiger partial charge in [0.15, 0.2) is 5.82 Å². The number of aromatic hydroxyl groups is 1. The molecular weight excluding hydrogens is 378 g/mol. The summed E-state index contributed by atoms with van der Waals surface area (Å²) in [4.78, 5) is 13.5. The molecule has 4 rings (SSSR count). The first-order valence-electron chi connectivity index (χ1n) is 9.84. The molecule has 1 aromatic heterocycles. The van der Waals surface area contributed by atoms with Crippen molar-refractivity contribution in [1.29, 1.82) is 0 Å². The summed E-state index contributed by atoms with van der Waals surface area (Å²) in [6, 6.07) is 5.20. The van der Waals surface area contributed by atoms with Crippen LogP contribution in [0.2, 0.25) is 0 Å². The van der Waals surface area contributed by atoms with E-state index in [0.717, 1.165) is 37.8 Å². The number of aromatic nitrogens is 2. The van der Waals surface area contributed by atoms with Crippen LogP contribution in [0.1, 0.15) is 36.0 Å². The van der Waals surface area contributed by atoms with Crippen molar-refractivity contribution in [2.24, 2.45) is 11.8 Å². The molecule has 2 saturated carbocycles. The minimum absolute atomic E-state index is 0.132. The summed E-state index contributed by atoms with van der Waals surface area (Å²) in [7, 11) is 3.20. The van der Waals surface area contributed by atoms with Crippen LogP contribution in [-0.2, 0) is 0 Å². The van der Waals surface area contributed by atoms with Gasteiger partial charge in [0.2, 0.25) is 0 Å². The summed E-state index contributed by atoms with van der Waals surface area (Å²) in [5.41, 5.74) is 0.150. The van der Waals surface area contributed by atoms with Gasteiger partial charge in [-0.05, 0) is 61.8 Å². The maximum absolute atomic E-state index is 14.9. The minimum Gasteiger partial charge on any atom is -0.507 e. The third kappa shape index (κ3) is 3.52. The van der Waals surface area contributed by atoms with Crippen molar-refractivity contribution in [1.82, 2.24) is 15.5 Å². The lowest BCUT2D eigenvalue weighted by Gasteiger charge is -2.38. The Balaban J connectivity index is 1.57. The zero-order chi connectivity index (χ0) is 20.7. The normalized spacial score (nSPS) is 25.7. The molecule has 1 amide bonds. The fourth-order valence-corrected chi connectivity index (χ4v) is 4.68. The topological polar surface area (TPSA) is 78.4 Å². The molecule has 2 fully saturated rings. The van der Waals surface area contributed by atoms with Crippen molar-refractivity contribution in [2.45, 2.75) is 37.9 Å².